The van der Waals surface area contributed by atoms with E-state index in [4.69, 9.17) is 28.3 Å². The summed E-state index contributed by atoms with van der Waals surface area (Å²) in [6, 6.07) is 3.16. The molecule has 0 aliphatic carbocycles. The molecule has 0 aliphatic rings. The maximum Gasteiger partial charge on any atom is 0.138 e. The number of hydrogen-bond donors (Lipinski definition) is 3. The van der Waals surface area contributed by atoms with E-state index >= 15 is 0 Å². The minimum Gasteiger partial charge on any atom is -0.506 e. The lowest BCUT2D eigenvalue weighted by Crippen LogP contribution is -2.31. The Morgan fingerprint density at radius 2 is 2.06 bits per heavy atom. The normalized spacial score (nSPS) is 12.8. The summed E-state index contributed by atoms with van der Waals surface area (Å²) in [4.78, 5) is 0. The van der Waals surface area contributed by atoms with E-state index in [0.717, 1.165) is 6.42 Å². The summed E-state index contributed by atoms with van der Waals surface area (Å²) >= 11 is 11.6. The lowest BCUT2D eigenvalue weighted by Gasteiger charge is -2.15. The van der Waals surface area contributed by atoms with Crippen molar-refractivity contribution in [1.82, 2.24) is 5.32 Å². The Kier molecular flexibility index (Phi) is 5.35. The van der Waals surface area contributed by atoms with Gasteiger partial charge in [-0.2, -0.15) is 0 Å². The van der Waals surface area contributed by atoms with Crippen LogP contribution in [0.25, 0.3) is 0 Å². The van der Waals surface area contributed by atoms with Gasteiger partial charge in [0, 0.05) is 23.2 Å². The smallest absolute Gasteiger partial charge is 0.138 e. The van der Waals surface area contributed by atoms with Crippen molar-refractivity contribution >= 4 is 23.2 Å². The van der Waals surface area contributed by atoms with Crippen LogP contribution >= 0.6 is 23.2 Å². The van der Waals surface area contributed by atoms with E-state index in [-0.39, 0.29) is 23.4 Å². The van der Waals surface area contributed by atoms with Crippen LogP contribution in [0.4, 0.5) is 0 Å². The zero-order valence-electron chi connectivity index (χ0n) is 9.00. The van der Waals surface area contributed by atoms with E-state index in [2.05, 4.69) is 5.32 Å². The van der Waals surface area contributed by atoms with Crippen molar-refractivity contribution in [1.29, 1.82) is 0 Å². The van der Waals surface area contributed by atoms with Crippen LogP contribution in [0.5, 0.6) is 5.75 Å². The van der Waals surface area contributed by atoms with Gasteiger partial charge in [0.1, 0.15) is 5.75 Å². The Morgan fingerprint density at radius 1 is 1.38 bits per heavy atom. The number of hydrogen-bond acceptors (Lipinski definition) is 3. The Hall–Kier alpha value is -0.480. The molecule has 0 fully saturated rings. The van der Waals surface area contributed by atoms with Crippen molar-refractivity contribution in [2.75, 3.05) is 6.61 Å². The topological polar surface area (TPSA) is 52.5 Å². The largest absolute Gasteiger partial charge is 0.506 e. The third-order valence-electron chi connectivity index (χ3n) is 2.40. The second-order valence-corrected chi connectivity index (χ2v) is 4.41. The predicted octanol–water partition coefficient (Wildman–Crippen LogP) is 2.56. The molecule has 5 heteroatoms. The third kappa shape index (κ3) is 3.52. The summed E-state index contributed by atoms with van der Waals surface area (Å²) in [6.45, 7) is 2.45. The molecule has 16 heavy (non-hydrogen) atoms. The first-order valence-electron chi connectivity index (χ1n) is 5.09. The molecule has 0 amide bonds. The summed E-state index contributed by atoms with van der Waals surface area (Å²) in [7, 11) is 0. The molecule has 3 nitrogen and oxygen atoms in total. The first-order chi connectivity index (χ1) is 7.58. The Morgan fingerprint density at radius 3 is 2.62 bits per heavy atom. The molecule has 0 heterocycles. The quantitative estimate of drug-likeness (QED) is 0.766. The molecule has 0 spiro atoms. The van der Waals surface area contributed by atoms with E-state index in [1.54, 1.807) is 6.07 Å². The third-order valence-corrected chi connectivity index (χ3v) is 2.91. The number of nitrogens with one attached hydrogen (secondary N) is 1. The van der Waals surface area contributed by atoms with E-state index in [0.29, 0.717) is 17.1 Å². The van der Waals surface area contributed by atoms with Gasteiger partial charge in [0.25, 0.3) is 0 Å². The molecule has 0 aliphatic heterocycles. The van der Waals surface area contributed by atoms with Crippen LogP contribution in [0, 0.1) is 0 Å². The minimum absolute atomic E-state index is 0.0113. The van der Waals surface area contributed by atoms with Crippen molar-refractivity contribution in [2.45, 2.75) is 25.9 Å². The van der Waals surface area contributed by atoms with E-state index in [1.165, 1.54) is 6.07 Å². The molecule has 1 rings (SSSR count). The molecule has 1 aromatic rings. The zero-order valence-corrected chi connectivity index (χ0v) is 10.5. The van der Waals surface area contributed by atoms with Gasteiger partial charge in [-0.3, -0.25) is 0 Å². The Balaban J connectivity index is 2.73. The van der Waals surface area contributed by atoms with Crippen LogP contribution in [0.15, 0.2) is 12.1 Å². The summed E-state index contributed by atoms with van der Waals surface area (Å²) in [6.07, 6.45) is 0.811. The molecule has 0 radical (unpaired) electrons. The first kappa shape index (κ1) is 13.6. The number of aromatic hydroxyl groups is 1. The SMILES string of the molecule is CCC(CO)NCc1cc(Cl)cc(Cl)c1O. The van der Waals surface area contributed by atoms with Gasteiger partial charge in [0.2, 0.25) is 0 Å². The maximum absolute atomic E-state index is 9.69. The molecule has 1 aromatic carbocycles. The molecule has 0 saturated heterocycles. The molecule has 0 bridgehead atoms. The van der Waals surface area contributed by atoms with Crippen LogP contribution < -0.4 is 5.32 Å². The average Bonchev–Trinajstić information content (AvgIpc) is 2.26. The van der Waals surface area contributed by atoms with Crippen molar-refractivity contribution < 1.29 is 10.2 Å². The Bertz CT molecular complexity index is 354. The summed E-state index contributed by atoms with van der Waals surface area (Å²) in [5.41, 5.74) is 0.629. The van der Waals surface area contributed by atoms with Crippen LogP contribution in [0.3, 0.4) is 0 Å². The number of phenols is 1. The molecular weight excluding hydrogens is 249 g/mol. The number of rotatable bonds is 5. The standard InChI is InChI=1S/C11H15Cl2NO2/c1-2-9(6-15)14-5-7-3-8(12)4-10(13)11(7)16/h3-4,9,14-16H,2,5-6H2,1H3. The van der Waals surface area contributed by atoms with Crippen LogP contribution in [-0.4, -0.2) is 22.9 Å². The molecule has 1 atom stereocenters. The van der Waals surface area contributed by atoms with Crippen LogP contribution in [0.1, 0.15) is 18.9 Å². The molecule has 3 N–H and O–H groups in total. The van der Waals surface area contributed by atoms with Gasteiger partial charge in [-0.15, -0.1) is 0 Å². The van der Waals surface area contributed by atoms with Gasteiger partial charge in [-0.05, 0) is 18.6 Å². The number of halogens is 2. The fourth-order valence-electron chi connectivity index (χ4n) is 1.35. The second kappa shape index (κ2) is 6.30. The van der Waals surface area contributed by atoms with Gasteiger partial charge in [-0.25, -0.2) is 0 Å². The summed E-state index contributed by atoms with van der Waals surface area (Å²) in [5, 5.41) is 22.5. The number of benzene rings is 1. The summed E-state index contributed by atoms with van der Waals surface area (Å²) < 4.78 is 0. The lowest BCUT2D eigenvalue weighted by molar-refractivity contribution is 0.238. The monoisotopic (exact) mass is 263 g/mol. The van der Waals surface area contributed by atoms with Crippen molar-refractivity contribution in [3.63, 3.8) is 0 Å². The lowest BCUT2D eigenvalue weighted by atomic mass is 10.1. The fourth-order valence-corrected chi connectivity index (χ4v) is 1.88. The highest BCUT2D eigenvalue weighted by molar-refractivity contribution is 6.35. The highest BCUT2D eigenvalue weighted by Gasteiger charge is 2.10. The minimum atomic E-state index is 0.0113. The molecule has 90 valence electrons. The molecule has 1 unspecified atom stereocenters. The van der Waals surface area contributed by atoms with Crippen LogP contribution in [0.2, 0.25) is 10.0 Å². The second-order valence-electron chi connectivity index (χ2n) is 3.56. The van der Waals surface area contributed by atoms with Crippen LogP contribution in [-0.2, 0) is 6.54 Å². The highest BCUT2D eigenvalue weighted by Crippen LogP contribution is 2.31. The van der Waals surface area contributed by atoms with Gasteiger partial charge in [-0.1, -0.05) is 30.1 Å². The van der Waals surface area contributed by atoms with Gasteiger partial charge in [0.05, 0.1) is 11.6 Å². The van der Waals surface area contributed by atoms with Gasteiger partial charge in [0.15, 0.2) is 0 Å². The van der Waals surface area contributed by atoms with Crippen molar-refractivity contribution in [2.24, 2.45) is 0 Å². The van der Waals surface area contributed by atoms with Gasteiger partial charge < -0.3 is 15.5 Å². The van der Waals surface area contributed by atoms with E-state index < -0.39 is 0 Å². The predicted molar refractivity (Wildman–Crippen MR) is 66.1 cm³/mol. The van der Waals surface area contributed by atoms with Crippen molar-refractivity contribution in [3.8, 4) is 5.75 Å². The Labute approximate surface area is 105 Å². The fraction of sp³-hybridized carbons (Fsp3) is 0.455. The van der Waals surface area contributed by atoms with Crippen molar-refractivity contribution in [3.05, 3.63) is 27.7 Å². The molecule has 0 saturated carbocycles. The highest BCUT2D eigenvalue weighted by atomic mass is 35.5. The summed E-state index contributed by atoms with van der Waals surface area (Å²) in [5.74, 6) is 0.0337. The average molecular weight is 264 g/mol. The maximum atomic E-state index is 9.69. The molecular formula is C11H15Cl2NO2. The number of aliphatic hydroxyl groups is 1. The van der Waals surface area contributed by atoms with Gasteiger partial charge >= 0.3 is 0 Å². The van der Waals surface area contributed by atoms with E-state index in [1.807, 2.05) is 6.92 Å². The zero-order chi connectivity index (χ0) is 12.1. The van der Waals surface area contributed by atoms with E-state index in [9.17, 15) is 5.11 Å². The number of aliphatic hydroxyl groups excluding tert-OH is 1. The first-order valence-corrected chi connectivity index (χ1v) is 5.85. The number of phenolic OH excluding ortho intramolecular Hbond substituents is 1. The molecule has 0 aromatic heterocycles.